The van der Waals surface area contributed by atoms with Crippen LogP contribution in [0.25, 0.3) is 11.3 Å². The van der Waals surface area contributed by atoms with Gasteiger partial charge in [0.05, 0.1) is 19.9 Å². The van der Waals surface area contributed by atoms with Crippen molar-refractivity contribution in [2.75, 3.05) is 14.2 Å². The van der Waals surface area contributed by atoms with Crippen molar-refractivity contribution >= 4 is 11.9 Å². The Morgan fingerprint density at radius 2 is 1.86 bits per heavy atom. The minimum absolute atomic E-state index is 0.192. The number of carbonyl (C=O) groups is 2. The molecule has 0 saturated heterocycles. The van der Waals surface area contributed by atoms with Gasteiger partial charge in [0, 0.05) is 12.1 Å². The normalized spacial score (nSPS) is 10.4. The molecule has 0 radical (unpaired) electrons. The van der Waals surface area contributed by atoms with Gasteiger partial charge in [-0.2, -0.15) is 5.10 Å². The molecule has 3 aromatic rings. The lowest BCUT2D eigenvalue weighted by Crippen LogP contribution is -2.23. The zero-order valence-corrected chi connectivity index (χ0v) is 15.3. The summed E-state index contributed by atoms with van der Waals surface area (Å²) in [6.45, 7) is 0.192. The van der Waals surface area contributed by atoms with E-state index in [4.69, 9.17) is 9.47 Å². The van der Waals surface area contributed by atoms with E-state index in [2.05, 4.69) is 15.5 Å². The van der Waals surface area contributed by atoms with Crippen molar-refractivity contribution in [2.45, 2.75) is 6.54 Å². The Hall–Kier alpha value is -3.68. The molecule has 2 aromatic carbocycles. The van der Waals surface area contributed by atoms with Crippen LogP contribution in [0.1, 0.15) is 26.4 Å². The lowest BCUT2D eigenvalue weighted by atomic mass is 10.1. The maximum absolute atomic E-state index is 13.0. The van der Waals surface area contributed by atoms with Crippen LogP contribution < -0.4 is 10.1 Å². The molecule has 1 aromatic heterocycles. The second kappa shape index (κ2) is 8.34. The average Bonchev–Trinajstić information content (AvgIpc) is 3.22. The lowest BCUT2D eigenvalue weighted by Gasteiger charge is -2.10. The van der Waals surface area contributed by atoms with Crippen LogP contribution in [0.4, 0.5) is 4.39 Å². The van der Waals surface area contributed by atoms with Crippen LogP contribution in [-0.2, 0) is 11.3 Å². The molecule has 7 nitrogen and oxygen atoms in total. The monoisotopic (exact) mass is 383 g/mol. The maximum atomic E-state index is 13.0. The van der Waals surface area contributed by atoms with E-state index in [-0.39, 0.29) is 29.5 Å². The highest BCUT2D eigenvalue weighted by Gasteiger charge is 2.15. The van der Waals surface area contributed by atoms with Gasteiger partial charge < -0.3 is 14.8 Å². The number of hydrogen-bond acceptors (Lipinski definition) is 5. The number of nitrogens with zero attached hydrogens (tertiary/aromatic N) is 1. The van der Waals surface area contributed by atoms with Gasteiger partial charge in [-0.1, -0.05) is 6.07 Å². The molecule has 0 aliphatic rings. The molecule has 2 N–H and O–H groups in total. The number of carbonyl (C=O) groups excluding carboxylic acids is 2. The zero-order valence-electron chi connectivity index (χ0n) is 15.3. The Balaban J connectivity index is 1.69. The summed E-state index contributed by atoms with van der Waals surface area (Å²) in [5.74, 6) is -0.846. The van der Waals surface area contributed by atoms with Crippen molar-refractivity contribution in [3.8, 4) is 17.0 Å². The molecule has 0 fully saturated rings. The molecule has 0 unspecified atom stereocenters. The Kier molecular flexibility index (Phi) is 5.69. The van der Waals surface area contributed by atoms with Crippen molar-refractivity contribution in [1.82, 2.24) is 15.5 Å². The first-order valence-corrected chi connectivity index (χ1v) is 8.36. The highest BCUT2D eigenvalue weighted by atomic mass is 19.1. The SMILES string of the molecule is COC(=O)c1cc(CNC(=O)c2cc(-c3ccc(F)cc3)n[nH]2)ccc1OC. The molecule has 0 atom stereocenters. The van der Waals surface area contributed by atoms with Crippen molar-refractivity contribution in [3.63, 3.8) is 0 Å². The Morgan fingerprint density at radius 1 is 1.11 bits per heavy atom. The number of halogens is 1. The minimum Gasteiger partial charge on any atom is -0.496 e. The second-order valence-electron chi connectivity index (χ2n) is 5.88. The third-order valence-corrected chi connectivity index (χ3v) is 4.08. The number of rotatable bonds is 6. The van der Waals surface area contributed by atoms with E-state index in [0.717, 1.165) is 0 Å². The molecular weight excluding hydrogens is 365 g/mol. The molecule has 1 amide bonds. The van der Waals surface area contributed by atoms with Gasteiger partial charge in [0.15, 0.2) is 0 Å². The van der Waals surface area contributed by atoms with E-state index < -0.39 is 5.97 Å². The number of hydrogen-bond donors (Lipinski definition) is 2. The summed E-state index contributed by atoms with van der Waals surface area (Å²) in [6.07, 6.45) is 0. The third kappa shape index (κ3) is 4.17. The topological polar surface area (TPSA) is 93.3 Å². The number of nitrogens with one attached hydrogen (secondary N) is 2. The number of methoxy groups -OCH3 is 2. The first-order chi connectivity index (χ1) is 13.5. The van der Waals surface area contributed by atoms with E-state index in [1.54, 1.807) is 36.4 Å². The van der Waals surface area contributed by atoms with E-state index in [1.807, 2.05) is 0 Å². The zero-order chi connectivity index (χ0) is 20.1. The van der Waals surface area contributed by atoms with Crippen molar-refractivity contribution in [3.05, 3.63) is 71.2 Å². The van der Waals surface area contributed by atoms with Gasteiger partial charge in [0.1, 0.15) is 22.8 Å². The number of amides is 1. The van der Waals surface area contributed by atoms with Crippen molar-refractivity contribution in [1.29, 1.82) is 0 Å². The van der Waals surface area contributed by atoms with Crippen molar-refractivity contribution < 1.29 is 23.5 Å². The average molecular weight is 383 g/mol. The van der Waals surface area contributed by atoms with Crippen molar-refractivity contribution in [2.24, 2.45) is 0 Å². The van der Waals surface area contributed by atoms with Crippen LogP contribution in [0.2, 0.25) is 0 Å². The summed E-state index contributed by atoms with van der Waals surface area (Å²) in [4.78, 5) is 24.2. The summed E-state index contributed by atoms with van der Waals surface area (Å²) >= 11 is 0. The molecule has 3 rings (SSSR count). The molecule has 0 bridgehead atoms. The third-order valence-electron chi connectivity index (χ3n) is 4.08. The fraction of sp³-hybridized carbons (Fsp3) is 0.150. The molecule has 1 heterocycles. The first-order valence-electron chi connectivity index (χ1n) is 8.36. The standard InChI is InChI=1S/C20H18FN3O4/c1-27-18-8-3-12(9-15(18)20(26)28-2)11-22-19(25)17-10-16(23-24-17)13-4-6-14(21)7-5-13/h3-10H,11H2,1-2H3,(H,22,25)(H,23,24). The Morgan fingerprint density at radius 3 is 2.54 bits per heavy atom. The molecule has 8 heteroatoms. The van der Waals surface area contributed by atoms with Crippen LogP contribution in [0.3, 0.4) is 0 Å². The van der Waals surface area contributed by atoms with E-state index in [9.17, 15) is 14.0 Å². The van der Waals surface area contributed by atoms with E-state index in [0.29, 0.717) is 22.6 Å². The van der Waals surface area contributed by atoms with E-state index in [1.165, 1.54) is 26.4 Å². The second-order valence-corrected chi connectivity index (χ2v) is 5.88. The summed E-state index contributed by atoms with van der Waals surface area (Å²) in [7, 11) is 2.74. The van der Waals surface area contributed by atoms with Crippen LogP contribution in [-0.4, -0.2) is 36.3 Å². The summed E-state index contributed by atoms with van der Waals surface area (Å²) in [5, 5.41) is 9.49. The molecule has 0 saturated carbocycles. The van der Waals surface area contributed by atoms with Crippen LogP contribution in [0.5, 0.6) is 5.75 Å². The van der Waals surface area contributed by atoms with Gasteiger partial charge in [-0.05, 0) is 48.0 Å². The van der Waals surface area contributed by atoms with E-state index >= 15 is 0 Å². The minimum atomic E-state index is -0.525. The lowest BCUT2D eigenvalue weighted by molar-refractivity contribution is 0.0597. The van der Waals surface area contributed by atoms with Gasteiger partial charge in [0.25, 0.3) is 5.91 Å². The number of benzene rings is 2. The number of aromatic nitrogens is 2. The highest BCUT2D eigenvalue weighted by molar-refractivity contribution is 5.94. The maximum Gasteiger partial charge on any atom is 0.341 e. The van der Waals surface area contributed by atoms with Gasteiger partial charge in [-0.15, -0.1) is 0 Å². The summed E-state index contributed by atoms with van der Waals surface area (Å²) < 4.78 is 22.9. The Bertz CT molecular complexity index is 999. The smallest absolute Gasteiger partial charge is 0.341 e. The molecule has 0 spiro atoms. The fourth-order valence-electron chi connectivity index (χ4n) is 2.62. The number of ether oxygens (including phenoxy) is 2. The summed E-state index contributed by atoms with van der Waals surface area (Å²) in [6, 6.07) is 12.4. The summed E-state index contributed by atoms with van der Waals surface area (Å²) in [5.41, 5.74) is 2.46. The predicted molar refractivity (Wildman–Crippen MR) is 99.5 cm³/mol. The number of H-pyrrole nitrogens is 1. The predicted octanol–water partition coefficient (Wildman–Crippen LogP) is 2.94. The molecular formula is C20H18FN3O4. The van der Waals surface area contributed by atoms with Gasteiger partial charge >= 0.3 is 5.97 Å². The van der Waals surface area contributed by atoms with Crippen LogP contribution in [0, 0.1) is 5.82 Å². The van der Waals surface area contributed by atoms with Gasteiger partial charge in [0.2, 0.25) is 0 Å². The Labute approximate surface area is 160 Å². The van der Waals surface area contributed by atoms with Crippen LogP contribution >= 0.6 is 0 Å². The molecule has 144 valence electrons. The quantitative estimate of drug-likeness (QED) is 0.639. The first kappa shape index (κ1) is 19.1. The molecule has 0 aliphatic heterocycles. The number of aromatic amines is 1. The number of esters is 1. The van der Waals surface area contributed by atoms with Crippen LogP contribution in [0.15, 0.2) is 48.5 Å². The molecule has 0 aliphatic carbocycles. The van der Waals surface area contributed by atoms with Gasteiger partial charge in [-0.3, -0.25) is 9.89 Å². The fourth-order valence-corrected chi connectivity index (χ4v) is 2.62. The molecule has 28 heavy (non-hydrogen) atoms. The largest absolute Gasteiger partial charge is 0.496 e. The highest BCUT2D eigenvalue weighted by Crippen LogP contribution is 2.21. The van der Waals surface area contributed by atoms with Gasteiger partial charge in [-0.25, -0.2) is 9.18 Å².